The maximum atomic E-state index is 13.1. The Kier molecular flexibility index (Phi) is 4.99. The number of primary amides is 1. The van der Waals surface area contributed by atoms with Gasteiger partial charge in [0.15, 0.2) is 5.16 Å². The zero-order valence-corrected chi connectivity index (χ0v) is 15.6. The number of para-hydroxylation sites is 1. The highest BCUT2D eigenvalue weighted by Crippen LogP contribution is 2.34. The molecule has 7 heteroatoms. The first-order valence-electron chi connectivity index (χ1n) is 8.66. The van der Waals surface area contributed by atoms with E-state index in [0.29, 0.717) is 21.8 Å². The predicted molar refractivity (Wildman–Crippen MR) is 108 cm³/mol. The molecule has 0 aliphatic heterocycles. The molecule has 0 radical (unpaired) electrons. The van der Waals surface area contributed by atoms with Crippen LogP contribution in [0.4, 0.5) is 0 Å². The van der Waals surface area contributed by atoms with Gasteiger partial charge in [0, 0.05) is 0 Å². The molecule has 28 heavy (non-hydrogen) atoms. The topological polar surface area (TPSA) is 91.1 Å². The van der Waals surface area contributed by atoms with Gasteiger partial charge in [-0.3, -0.25) is 14.2 Å². The molecule has 0 saturated heterocycles. The van der Waals surface area contributed by atoms with E-state index in [1.165, 1.54) is 4.57 Å². The Bertz CT molecular complexity index is 1170. The molecule has 0 spiro atoms. The number of carbonyl (C=O) groups is 1. The molecule has 0 saturated carbocycles. The third kappa shape index (κ3) is 3.57. The third-order valence-electron chi connectivity index (χ3n) is 4.30. The Morgan fingerprint density at radius 3 is 2.54 bits per heavy atom. The first kappa shape index (κ1) is 18.1. The molecule has 0 aliphatic carbocycles. The van der Waals surface area contributed by atoms with Gasteiger partial charge in [0.05, 0.1) is 23.7 Å². The Morgan fingerprint density at radius 1 is 1.07 bits per heavy atom. The number of amides is 1. The number of furan rings is 1. The molecule has 2 heterocycles. The van der Waals surface area contributed by atoms with Crippen molar-refractivity contribution < 1.29 is 9.21 Å². The fourth-order valence-electron chi connectivity index (χ4n) is 2.96. The van der Waals surface area contributed by atoms with Gasteiger partial charge in [-0.05, 0) is 29.8 Å². The average molecular weight is 391 g/mol. The Morgan fingerprint density at radius 2 is 1.82 bits per heavy atom. The smallest absolute Gasteiger partial charge is 0.262 e. The molecule has 1 unspecified atom stereocenters. The average Bonchev–Trinajstić information content (AvgIpc) is 3.22. The number of fused-ring (bicyclic) bond motifs is 1. The number of hydrogen-bond donors (Lipinski definition) is 1. The van der Waals surface area contributed by atoms with E-state index >= 15 is 0 Å². The van der Waals surface area contributed by atoms with Crippen molar-refractivity contribution in [1.82, 2.24) is 9.55 Å². The van der Waals surface area contributed by atoms with Gasteiger partial charge in [0.2, 0.25) is 5.91 Å². The van der Waals surface area contributed by atoms with Gasteiger partial charge in [-0.1, -0.05) is 54.2 Å². The van der Waals surface area contributed by atoms with Gasteiger partial charge in [0.1, 0.15) is 11.0 Å². The van der Waals surface area contributed by atoms with E-state index in [2.05, 4.69) is 4.98 Å². The lowest BCUT2D eigenvalue weighted by Gasteiger charge is -2.17. The van der Waals surface area contributed by atoms with Crippen LogP contribution in [0.3, 0.4) is 0 Å². The standard InChI is InChI=1S/C21H17N3O3S/c22-19(25)18(14-7-2-1-3-8-14)28-21-23-17-11-5-4-10-16(17)20(26)24(21)13-15-9-6-12-27-15/h1-12,18H,13H2,(H2,22,25). The summed E-state index contributed by atoms with van der Waals surface area (Å²) in [6.07, 6.45) is 1.55. The Hall–Kier alpha value is -3.32. The van der Waals surface area contributed by atoms with E-state index in [-0.39, 0.29) is 12.1 Å². The summed E-state index contributed by atoms with van der Waals surface area (Å²) >= 11 is 1.16. The summed E-state index contributed by atoms with van der Waals surface area (Å²) in [6, 6.07) is 19.9. The molecule has 2 N–H and O–H groups in total. The molecule has 140 valence electrons. The minimum Gasteiger partial charge on any atom is -0.467 e. The second-order valence-electron chi connectivity index (χ2n) is 6.19. The van der Waals surface area contributed by atoms with Crippen LogP contribution in [0.2, 0.25) is 0 Å². The molecule has 1 amide bonds. The molecule has 2 aromatic heterocycles. The van der Waals surface area contributed by atoms with Crippen LogP contribution < -0.4 is 11.3 Å². The van der Waals surface area contributed by atoms with E-state index in [0.717, 1.165) is 17.3 Å². The van der Waals surface area contributed by atoms with E-state index in [1.54, 1.807) is 36.6 Å². The molecule has 0 bridgehead atoms. The summed E-state index contributed by atoms with van der Waals surface area (Å²) in [5, 5.41) is 0.249. The predicted octanol–water partition coefficient (Wildman–Crippen LogP) is 3.36. The van der Waals surface area contributed by atoms with E-state index in [4.69, 9.17) is 10.2 Å². The van der Waals surface area contributed by atoms with Crippen molar-refractivity contribution in [2.45, 2.75) is 17.0 Å². The van der Waals surface area contributed by atoms with Crippen molar-refractivity contribution in [1.29, 1.82) is 0 Å². The second kappa shape index (κ2) is 7.74. The number of benzene rings is 2. The number of hydrogen-bond acceptors (Lipinski definition) is 5. The van der Waals surface area contributed by atoms with E-state index < -0.39 is 11.2 Å². The number of rotatable bonds is 6. The first-order valence-corrected chi connectivity index (χ1v) is 9.54. The molecule has 0 aliphatic rings. The van der Waals surface area contributed by atoms with Gasteiger partial charge in [-0.25, -0.2) is 4.98 Å². The van der Waals surface area contributed by atoms with Crippen LogP contribution in [-0.2, 0) is 11.3 Å². The van der Waals surface area contributed by atoms with Gasteiger partial charge >= 0.3 is 0 Å². The van der Waals surface area contributed by atoms with Crippen LogP contribution in [0.15, 0.2) is 87.4 Å². The largest absolute Gasteiger partial charge is 0.467 e. The molecule has 2 aromatic carbocycles. The summed E-state index contributed by atoms with van der Waals surface area (Å²) < 4.78 is 6.93. The van der Waals surface area contributed by atoms with E-state index in [9.17, 15) is 9.59 Å². The molecule has 6 nitrogen and oxygen atoms in total. The molecule has 1 atom stereocenters. The third-order valence-corrected chi connectivity index (χ3v) is 5.57. The maximum Gasteiger partial charge on any atom is 0.262 e. The van der Waals surface area contributed by atoms with Crippen LogP contribution >= 0.6 is 11.8 Å². The molecule has 4 aromatic rings. The number of carbonyl (C=O) groups excluding carboxylic acids is 1. The zero-order valence-electron chi connectivity index (χ0n) is 14.8. The SMILES string of the molecule is NC(=O)C(Sc1nc2ccccc2c(=O)n1Cc1ccco1)c1ccccc1. The van der Waals surface area contributed by atoms with Crippen molar-refractivity contribution in [3.05, 3.63) is 94.7 Å². The van der Waals surface area contributed by atoms with Gasteiger partial charge in [0.25, 0.3) is 5.56 Å². The summed E-state index contributed by atoms with van der Waals surface area (Å²) in [5.41, 5.74) is 6.79. The number of nitrogens with two attached hydrogens (primary N) is 1. The van der Waals surface area contributed by atoms with Crippen molar-refractivity contribution >= 4 is 28.6 Å². The zero-order chi connectivity index (χ0) is 19.5. The number of nitrogens with zero attached hydrogens (tertiary/aromatic N) is 2. The normalized spacial score (nSPS) is 12.1. The Balaban J connectivity index is 1.84. The van der Waals surface area contributed by atoms with Crippen molar-refractivity contribution in [3.8, 4) is 0 Å². The number of aromatic nitrogens is 2. The van der Waals surface area contributed by atoms with E-state index in [1.807, 2.05) is 36.4 Å². The van der Waals surface area contributed by atoms with Crippen LogP contribution in [0, 0.1) is 0 Å². The summed E-state index contributed by atoms with van der Waals surface area (Å²) in [5.74, 6) is 0.125. The minimum atomic E-state index is -0.669. The lowest BCUT2D eigenvalue weighted by Crippen LogP contribution is -2.26. The van der Waals surface area contributed by atoms with Crippen molar-refractivity contribution in [3.63, 3.8) is 0 Å². The molecule has 4 rings (SSSR count). The van der Waals surface area contributed by atoms with Crippen molar-refractivity contribution in [2.24, 2.45) is 5.73 Å². The lowest BCUT2D eigenvalue weighted by molar-refractivity contribution is -0.117. The summed E-state index contributed by atoms with van der Waals surface area (Å²) in [6.45, 7) is 0.215. The maximum absolute atomic E-state index is 13.1. The van der Waals surface area contributed by atoms with Crippen LogP contribution in [-0.4, -0.2) is 15.5 Å². The second-order valence-corrected chi connectivity index (χ2v) is 7.27. The van der Waals surface area contributed by atoms with Gasteiger partial charge < -0.3 is 10.2 Å². The van der Waals surface area contributed by atoms with Crippen molar-refractivity contribution in [2.75, 3.05) is 0 Å². The minimum absolute atomic E-state index is 0.194. The van der Waals surface area contributed by atoms with Crippen LogP contribution in [0.5, 0.6) is 0 Å². The van der Waals surface area contributed by atoms with Gasteiger partial charge in [-0.2, -0.15) is 0 Å². The first-order chi connectivity index (χ1) is 13.6. The van der Waals surface area contributed by atoms with Gasteiger partial charge in [-0.15, -0.1) is 0 Å². The monoisotopic (exact) mass is 391 g/mol. The Labute approximate surface area is 165 Å². The molecular formula is C21H17N3O3S. The summed E-state index contributed by atoms with van der Waals surface area (Å²) in [4.78, 5) is 29.9. The highest BCUT2D eigenvalue weighted by Gasteiger charge is 2.23. The summed E-state index contributed by atoms with van der Waals surface area (Å²) in [7, 11) is 0. The highest BCUT2D eigenvalue weighted by molar-refractivity contribution is 8.00. The fourth-order valence-corrected chi connectivity index (χ4v) is 4.01. The lowest BCUT2D eigenvalue weighted by atomic mass is 10.1. The number of thioether (sulfide) groups is 1. The quantitative estimate of drug-likeness (QED) is 0.402. The molecular weight excluding hydrogens is 374 g/mol. The molecule has 0 fully saturated rings. The highest BCUT2D eigenvalue weighted by atomic mass is 32.2. The fraction of sp³-hybridized carbons (Fsp3) is 0.0952. The van der Waals surface area contributed by atoms with Crippen LogP contribution in [0.25, 0.3) is 10.9 Å². The van der Waals surface area contributed by atoms with Crippen LogP contribution in [0.1, 0.15) is 16.6 Å².